The monoisotopic (exact) mass is 374 g/mol. The van der Waals surface area contributed by atoms with Gasteiger partial charge in [0.05, 0.1) is 13.1 Å². The Morgan fingerprint density at radius 2 is 1.88 bits per heavy atom. The molecule has 0 bridgehead atoms. The molecule has 0 spiro atoms. The Kier molecular flexibility index (Phi) is 5.17. The van der Waals surface area contributed by atoms with E-state index in [0.29, 0.717) is 6.54 Å². The van der Waals surface area contributed by atoms with Crippen molar-refractivity contribution < 1.29 is 14.7 Å². The maximum absolute atomic E-state index is 11.9. The van der Waals surface area contributed by atoms with Gasteiger partial charge in [0.25, 0.3) is 0 Å². The van der Waals surface area contributed by atoms with Gasteiger partial charge < -0.3 is 15.7 Å². The molecule has 3 rings (SSSR count). The summed E-state index contributed by atoms with van der Waals surface area (Å²) in [5.41, 5.74) is -1.24. The van der Waals surface area contributed by atoms with E-state index in [1.54, 1.807) is 6.92 Å². The number of hydrogen-bond donors (Lipinski definition) is 3. The van der Waals surface area contributed by atoms with Gasteiger partial charge in [-0.1, -0.05) is 24.3 Å². The zero-order chi connectivity index (χ0) is 17.9. The smallest absolute Gasteiger partial charge is 0.309 e. The van der Waals surface area contributed by atoms with Crippen molar-refractivity contribution in [1.29, 1.82) is 0 Å². The highest BCUT2D eigenvalue weighted by Gasteiger charge is 2.27. The molecule has 0 saturated carbocycles. The average Bonchev–Trinajstić information content (AvgIpc) is 3.26. The molecule has 3 N–H and O–H groups in total. The molecule has 2 amide bonds. The maximum atomic E-state index is 11.9. The van der Waals surface area contributed by atoms with Crippen molar-refractivity contribution in [1.82, 2.24) is 10.6 Å². The molecule has 0 radical (unpaired) electrons. The van der Waals surface area contributed by atoms with Gasteiger partial charge in [-0.2, -0.15) is 0 Å². The average molecular weight is 374 g/mol. The summed E-state index contributed by atoms with van der Waals surface area (Å²) in [7, 11) is 0. The Labute approximate surface area is 153 Å². The van der Waals surface area contributed by atoms with Crippen LogP contribution in [-0.4, -0.2) is 23.5 Å². The van der Waals surface area contributed by atoms with Gasteiger partial charge in [-0.3, -0.25) is 9.59 Å². The lowest BCUT2D eigenvalue weighted by atomic mass is 10.0. The quantitative estimate of drug-likeness (QED) is 0.601. The standard InChI is InChI=1S/C18H18N2O3S2/c1-18(23,15-9-12-5-2-3-7-14(12)25-15)11-20-17(22)16(21)19-10-13-6-4-8-24-13/h2-9,23H,10-11H2,1H3,(H,19,21)(H,20,22)/t18-/m0/s1. The van der Waals surface area contributed by atoms with Crippen LogP contribution < -0.4 is 10.6 Å². The number of carbonyl (C=O) groups excluding carboxylic acids is 2. The predicted octanol–water partition coefficient (Wildman–Crippen LogP) is 2.60. The number of fused-ring (bicyclic) bond motifs is 1. The predicted molar refractivity (Wildman–Crippen MR) is 101 cm³/mol. The SMILES string of the molecule is C[C@](O)(CNC(=O)C(=O)NCc1cccs1)c1cc2ccccc2s1. The van der Waals surface area contributed by atoms with E-state index in [-0.39, 0.29) is 6.54 Å². The number of nitrogens with one attached hydrogen (secondary N) is 2. The fourth-order valence-corrected chi connectivity index (χ4v) is 4.08. The minimum absolute atomic E-state index is 0.0366. The van der Waals surface area contributed by atoms with Crippen LogP contribution in [0.25, 0.3) is 10.1 Å². The third kappa shape index (κ3) is 4.25. The minimum Gasteiger partial charge on any atom is -0.383 e. The van der Waals surface area contributed by atoms with Gasteiger partial charge in [0.2, 0.25) is 0 Å². The van der Waals surface area contributed by atoms with Crippen LogP contribution in [0.2, 0.25) is 0 Å². The Hall–Kier alpha value is -2.22. The second-order valence-electron chi connectivity index (χ2n) is 5.87. The number of aliphatic hydroxyl groups is 1. The molecule has 1 atom stereocenters. The molecule has 0 aliphatic carbocycles. The van der Waals surface area contributed by atoms with Crippen LogP contribution in [0.5, 0.6) is 0 Å². The molecule has 0 fully saturated rings. The number of carbonyl (C=O) groups is 2. The largest absolute Gasteiger partial charge is 0.383 e. The van der Waals surface area contributed by atoms with E-state index >= 15 is 0 Å². The molecule has 0 saturated heterocycles. The van der Waals surface area contributed by atoms with Gasteiger partial charge in [-0.15, -0.1) is 22.7 Å². The number of hydrogen-bond acceptors (Lipinski definition) is 5. The van der Waals surface area contributed by atoms with Crippen molar-refractivity contribution in [3.8, 4) is 0 Å². The highest BCUT2D eigenvalue weighted by molar-refractivity contribution is 7.19. The highest BCUT2D eigenvalue weighted by Crippen LogP contribution is 2.32. The van der Waals surface area contributed by atoms with Crippen molar-refractivity contribution in [2.75, 3.05) is 6.54 Å². The number of benzene rings is 1. The molecule has 25 heavy (non-hydrogen) atoms. The van der Waals surface area contributed by atoms with Gasteiger partial charge in [-0.25, -0.2) is 0 Å². The van der Waals surface area contributed by atoms with Crippen LogP contribution in [-0.2, 0) is 21.7 Å². The second kappa shape index (κ2) is 7.35. The van der Waals surface area contributed by atoms with Crippen molar-refractivity contribution in [2.45, 2.75) is 19.1 Å². The lowest BCUT2D eigenvalue weighted by molar-refractivity contribution is -0.139. The number of rotatable bonds is 5. The first-order valence-electron chi connectivity index (χ1n) is 7.75. The fourth-order valence-electron chi connectivity index (χ4n) is 2.33. The van der Waals surface area contributed by atoms with Gasteiger partial charge in [0, 0.05) is 14.5 Å². The third-order valence-corrected chi connectivity index (χ3v) is 6.00. The summed E-state index contributed by atoms with van der Waals surface area (Å²) in [5, 5.41) is 18.7. The van der Waals surface area contributed by atoms with Crippen LogP contribution in [0, 0.1) is 0 Å². The molecule has 0 aliphatic rings. The highest BCUT2D eigenvalue weighted by atomic mass is 32.1. The first kappa shape index (κ1) is 17.6. The number of thiophene rings is 2. The summed E-state index contributed by atoms with van der Waals surface area (Å²) in [6.07, 6.45) is 0. The topological polar surface area (TPSA) is 78.4 Å². The molecule has 2 aromatic heterocycles. The Balaban J connectivity index is 1.57. The van der Waals surface area contributed by atoms with Crippen LogP contribution >= 0.6 is 22.7 Å². The van der Waals surface area contributed by atoms with Crippen LogP contribution in [0.15, 0.2) is 47.8 Å². The molecule has 130 valence electrons. The van der Waals surface area contributed by atoms with Crippen molar-refractivity contribution >= 4 is 44.6 Å². The Bertz CT molecular complexity index is 852. The van der Waals surface area contributed by atoms with Crippen molar-refractivity contribution in [3.05, 3.63) is 57.6 Å². The first-order valence-corrected chi connectivity index (χ1v) is 9.45. The summed E-state index contributed by atoms with van der Waals surface area (Å²) in [6.45, 7) is 1.91. The summed E-state index contributed by atoms with van der Waals surface area (Å²) in [5.74, 6) is -1.46. The van der Waals surface area contributed by atoms with Crippen LogP contribution in [0.3, 0.4) is 0 Å². The molecular weight excluding hydrogens is 356 g/mol. The summed E-state index contributed by atoms with van der Waals surface area (Å²) < 4.78 is 1.07. The van der Waals surface area contributed by atoms with E-state index < -0.39 is 17.4 Å². The van der Waals surface area contributed by atoms with Crippen LogP contribution in [0.4, 0.5) is 0 Å². The molecule has 5 nitrogen and oxygen atoms in total. The maximum Gasteiger partial charge on any atom is 0.309 e. The molecule has 2 heterocycles. The van der Waals surface area contributed by atoms with E-state index in [0.717, 1.165) is 19.8 Å². The van der Waals surface area contributed by atoms with Gasteiger partial charge in [0.15, 0.2) is 0 Å². The Morgan fingerprint density at radius 3 is 2.60 bits per heavy atom. The van der Waals surface area contributed by atoms with Crippen LogP contribution in [0.1, 0.15) is 16.7 Å². The lowest BCUT2D eigenvalue weighted by Crippen LogP contribution is -2.44. The summed E-state index contributed by atoms with van der Waals surface area (Å²) in [4.78, 5) is 25.5. The summed E-state index contributed by atoms with van der Waals surface area (Å²) in [6, 6.07) is 13.5. The van der Waals surface area contributed by atoms with E-state index in [4.69, 9.17) is 0 Å². The Morgan fingerprint density at radius 1 is 1.12 bits per heavy atom. The molecule has 7 heteroatoms. The number of amides is 2. The zero-order valence-electron chi connectivity index (χ0n) is 13.6. The van der Waals surface area contributed by atoms with E-state index in [2.05, 4.69) is 10.6 Å². The minimum atomic E-state index is -1.24. The van der Waals surface area contributed by atoms with E-state index in [1.807, 2.05) is 47.8 Å². The lowest BCUT2D eigenvalue weighted by Gasteiger charge is -2.22. The molecule has 0 unspecified atom stereocenters. The van der Waals surface area contributed by atoms with Gasteiger partial charge in [0.1, 0.15) is 5.60 Å². The molecule has 0 aliphatic heterocycles. The molecule has 3 aromatic rings. The first-order chi connectivity index (χ1) is 12.0. The second-order valence-corrected chi connectivity index (χ2v) is 7.98. The third-order valence-electron chi connectivity index (χ3n) is 3.76. The summed E-state index contributed by atoms with van der Waals surface area (Å²) >= 11 is 2.98. The van der Waals surface area contributed by atoms with E-state index in [9.17, 15) is 14.7 Å². The fraction of sp³-hybridized carbons (Fsp3) is 0.222. The molecular formula is C18H18N2O3S2. The zero-order valence-corrected chi connectivity index (χ0v) is 15.2. The van der Waals surface area contributed by atoms with Gasteiger partial charge in [-0.05, 0) is 35.9 Å². The van der Waals surface area contributed by atoms with Crippen molar-refractivity contribution in [2.24, 2.45) is 0 Å². The normalized spacial score (nSPS) is 13.4. The van der Waals surface area contributed by atoms with E-state index in [1.165, 1.54) is 22.7 Å². The van der Waals surface area contributed by atoms with Gasteiger partial charge >= 0.3 is 11.8 Å². The molecule has 1 aromatic carbocycles. The van der Waals surface area contributed by atoms with Crippen molar-refractivity contribution in [3.63, 3.8) is 0 Å².